The minimum atomic E-state index is -1.02. The number of carbonyl (C=O) groups is 2. The predicted octanol–water partition coefficient (Wildman–Crippen LogP) is 11.8. The summed E-state index contributed by atoms with van der Waals surface area (Å²) in [6.45, 7) is 48.3. The number of esters is 1. The molecule has 2 saturated heterocycles. The Bertz CT molecular complexity index is 1860. The van der Waals surface area contributed by atoms with Crippen molar-refractivity contribution in [2.45, 2.75) is 183 Å². The molecule has 70 heavy (non-hydrogen) atoms. The van der Waals surface area contributed by atoms with Crippen LogP contribution >= 0.6 is 12.4 Å². The van der Waals surface area contributed by atoms with Crippen LogP contribution in [0.4, 0.5) is 17.6 Å². The maximum Gasteiger partial charge on any atom is 0.310 e. The van der Waals surface area contributed by atoms with Crippen LogP contribution in [0.2, 0.25) is 39.3 Å². The molecule has 0 bridgehead atoms. The second-order valence-corrected chi connectivity index (χ2v) is 37.1. The molecule has 4 atom stereocenters. The number of carbonyl (C=O) groups excluding carboxylic acids is 1. The van der Waals surface area contributed by atoms with Crippen molar-refractivity contribution in [2.75, 3.05) is 59.5 Å². The molecule has 4 N–H and O–H groups in total. The molecule has 4 rings (SSSR count). The van der Waals surface area contributed by atoms with Crippen LogP contribution in [0.5, 0.6) is 0 Å². The van der Waals surface area contributed by atoms with E-state index in [9.17, 15) is 32.3 Å². The van der Waals surface area contributed by atoms with Crippen molar-refractivity contribution in [3.05, 3.63) is 70.8 Å². The number of carboxylic acid groups (broad SMARTS) is 1. The van der Waals surface area contributed by atoms with Gasteiger partial charge in [-0.1, -0.05) is 51.4 Å². The summed E-state index contributed by atoms with van der Waals surface area (Å²) in [6.07, 6.45) is 2.42. The smallest absolute Gasteiger partial charge is 0.310 e. The van der Waals surface area contributed by atoms with Gasteiger partial charge in [0.1, 0.15) is 23.3 Å². The molecule has 0 aliphatic carbocycles. The minimum Gasteiger partial charge on any atom is -0.481 e. The third-order valence-electron chi connectivity index (χ3n) is 11.1. The van der Waals surface area contributed by atoms with E-state index in [1.165, 1.54) is 43.7 Å². The van der Waals surface area contributed by atoms with Gasteiger partial charge in [0.15, 0.2) is 0 Å². The Hall–Kier alpha value is -2.42. The number of nitrogens with zero attached hydrogens (tertiary/aromatic N) is 3. The quantitative estimate of drug-likeness (QED) is 0.0918. The van der Waals surface area contributed by atoms with Crippen molar-refractivity contribution < 1.29 is 41.7 Å². The van der Waals surface area contributed by atoms with Crippen molar-refractivity contribution in [3.63, 3.8) is 0 Å². The number of hydrogen-bond donors (Lipinski definition) is 3. The van der Waals surface area contributed by atoms with Gasteiger partial charge in [-0.25, -0.2) is 17.6 Å². The van der Waals surface area contributed by atoms with Crippen LogP contribution in [0, 0.1) is 35.1 Å². The molecule has 0 unspecified atom stereocenters. The largest absolute Gasteiger partial charge is 0.481 e. The van der Waals surface area contributed by atoms with Gasteiger partial charge in [-0.05, 0) is 139 Å². The Balaban J connectivity index is 0. The maximum absolute atomic E-state index is 14.1. The maximum atomic E-state index is 14.1. The number of nitrogens with one attached hydrogen (secondary N) is 1. The zero-order valence-electron chi connectivity index (χ0n) is 47.6. The topological polar surface area (TPSA) is 121 Å². The average Bonchev–Trinajstić information content (AvgIpc) is 3.79. The summed E-state index contributed by atoms with van der Waals surface area (Å²) in [5.74, 6) is -5.71. The number of rotatable bonds is 10. The molecule has 2 aromatic rings. The fraction of sp³-hybridized carbons (Fsp3) is 0.736. The predicted molar refractivity (Wildman–Crippen MR) is 291 cm³/mol. The number of hydrogen-bond acceptors (Lipinski definition) is 9. The van der Waals surface area contributed by atoms with Gasteiger partial charge in [-0.3, -0.25) is 24.3 Å². The lowest BCUT2D eigenvalue weighted by Crippen LogP contribution is -2.50. The van der Waals surface area contributed by atoms with Gasteiger partial charge in [-0.2, -0.15) is 0 Å². The van der Waals surface area contributed by atoms with Crippen LogP contribution in [-0.4, -0.2) is 135 Å². The first-order valence-corrected chi connectivity index (χ1v) is 31.7. The molecule has 0 saturated carbocycles. The van der Waals surface area contributed by atoms with E-state index in [1.54, 1.807) is 7.11 Å². The van der Waals surface area contributed by atoms with E-state index in [0.717, 1.165) is 18.9 Å². The van der Waals surface area contributed by atoms with Crippen molar-refractivity contribution in [1.82, 2.24) is 20.0 Å². The van der Waals surface area contributed by atoms with E-state index in [0.29, 0.717) is 37.3 Å². The first-order chi connectivity index (χ1) is 30.8. The Morgan fingerprint density at radius 1 is 0.686 bits per heavy atom. The van der Waals surface area contributed by atoms with E-state index in [1.807, 2.05) is 67.2 Å². The zero-order chi connectivity index (χ0) is 54.5. The molecule has 17 heteroatoms. The zero-order valence-corrected chi connectivity index (χ0v) is 50.5. The summed E-state index contributed by atoms with van der Waals surface area (Å²) in [4.78, 5) is 30.0. The van der Waals surface area contributed by atoms with Gasteiger partial charge < -0.3 is 25.6 Å². The molecule has 2 aromatic carbocycles. The monoisotopic (exact) mass is 1050 g/mol. The number of ether oxygens (including phenoxy) is 2. The fourth-order valence-corrected chi connectivity index (χ4v) is 10.1. The highest BCUT2D eigenvalue weighted by Crippen LogP contribution is 2.39. The standard InChI is InChI=1S/C16H21F2NO2.C15H19F2NO2.C10H25NOSi.C8H21NSi.C4H11N.ClH/c1-16(2,3)19-8-12(13(9-19)15(20)21-4)11-6-5-10(17)7-14(11)18;1-15(2,3)18-7-11(12(8-18)14(19)20)10-5-4-9(16)6-13(10)17;1-10(2,3)11(8-12-4)9-13(5,6)7;1-8(2,3)9-7-10(4,5)6;1-4(2,3)5;/h5-7,12-13H,8-9H2,1-4H3;4-6,11-12H,7-8H2,1-3H3,(H,19,20);8-9H2,1-7H3;9H,7H2,1-6H3;5H2,1-3H3;1H/t12-,13+;11-,12+;;;;/m00..../s1. The number of carboxylic acids is 1. The van der Waals surface area contributed by atoms with Crippen molar-refractivity contribution >= 4 is 40.5 Å². The van der Waals surface area contributed by atoms with Gasteiger partial charge >= 0.3 is 11.9 Å². The highest BCUT2D eigenvalue weighted by atomic mass is 35.5. The number of aliphatic carboxylic acids is 1. The summed E-state index contributed by atoms with van der Waals surface area (Å²) < 4.78 is 64.1. The lowest BCUT2D eigenvalue weighted by molar-refractivity contribution is -0.145. The summed E-state index contributed by atoms with van der Waals surface area (Å²) in [7, 11) is 1.20. The van der Waals surface area contributed by atoms with Crippen LogP contribution < -0.4 is 11.1 Å². The second kappa shape index (κ2) is 28.3. The first kappa shape index (κ1) is 69.7. The Labute approximate surface area is 431 Å². The number of halogens is 5. The van der Waals surface area contributed by atoms with Crippen LogP contribution in [-0.2, 0) is 19.1 Å². The lowest BCUT2D eigenvalue weighted by atomic mass is 9.88. The molecular weight excluding hydrogens is 954 g/mol. The molecule has 0 radical (unpaired) electrons. The molecular formula is C53H98ClF4N5O5Si2. The molecule has 2 heterocycles. The lowest BCUT2D eigenvalue weighted by Gasteiger charge is -2.38. The van der Waals surface area contributed by atoms with Crippen molar-refractivity contribution in [3.8, 4) is 0 Å². The van der Waals surface area contributed by atoms with Crippen molar-refractivity contribution in [2.24, 2.45) is 17.6 Å². The molecule has 2 fully saturated rings. The number of likely N-dealkylation sites (tertiary alicyclic amines) is 2. The van der Waals surface area contributed by atoms with Crippen LogP contribution in [0.1, 0.15) is 127 Å². The van der Waals surface area contributed by atoms with E-state index in [4.69, 9.17) is 15.2 Å². The summed E-state index contributed by atoms with van der Waals surface area (Å²) in [6, 6.07) is 6.87. The summed E-state index contributed by atoms with van der Waals surface area (Å²) in [5.41, 5.74) is 6.21. The fourth-order valence-electron chi connectivity index (χ4n) is 7.31. The molecule has 10 nitrogen and oxygen atoms in total. The Morgan fingerprint density at radius 3 is 1.31 bits per heavy atom. The number of nitrogens with two attached hydrogens (primary N) is 1. The third kappa shape index (κ3) is 28.1. The van der Waals surface area contributed by atoms with Gasteiger partial charge in [0.2, 0.25) is 0 Å². The second-order valence-electron chi connectivity index (χ2n) is 26.1. The minimum absolute atomic E-state index is 0. The van der Waals surface area contributed by atoms with Gasteiger partial charge in [-0.15, -0.1) is 12.4 Å². The van der Waals surface area contributed by atoms with Gasteiger partial charge in [0.05, 0.1) is 41.8 Å². The highest BCUT2D eigenvalue weighted by Gasteiger charge is 2.44. The van der Waals surface area contributed by atoms with E-state index in [-0.39, 0.29) is 52.0 Å². The SMILES string of the molecule is CC(C)(C)N.CC(C)(C)N1C[C@@H](C(=O)O)[C@H](c2ccc(F)cc2F)C1.CC(C)(C)NC[Si](C)(C)C.COC(=O)[C@@H]1CN(C(C)(C)C)C[C@H]1c1ccc(F)cc1F.COCN(C[Si](C)(C)C)C(C)(C)C.Cl. The van der Waals surface area contributed by atoms with Gasteiger partial charge in [0.25, 0.3) is 0 Å². The number of methoxy groups -OCH3 is 2. The molecule has 0 aromatic heterocycles. The third-order valence-corrected chi connectivity index (χ3v) is 13.7. The van der Waals surface area contributed by atoms with Crippen LogP contribution in [0.3, 0.4) is 0 Å². The van der Waals surface area contributed by atoms with Gasteiger partial charge in [0, 0.05) is 85.0 Å². The Morgan fingerprint density at radius 2 is 1.06 bits per heavy atom. The van der Waals surface area contributed by atoms with Crippen LogP contribution in [0.25, 0.3) is 0 Å². The summed E-state index contributed by atoms with van der Waals surface area (Å²) in [5, 5.41) is 12.9. The molecule has 408 valence electrons. The highest BCUT2D eigenvalue weighted by molar-refractivity contribution is 6.76. The van der Waals surface area contributed by atoms with E-state index in [2.05, 4.69) is 95.9 Å². The molecule has 0 amide bonds. The van der Waals surface area contributed by atoms with Crippen molar-refractivity contribution in [1.29, 1.82) is 0 Å². The average molecular weight is 1050 g/mol. The van der Waals surface area contributed by atoms with Crippen LogP contribution in [0.15, 0.2) is 36.4 Å². The van der Waals surface area contributed by atoms with E-state index >= 15 is 0 Å². The van der Waals surface area contributed by atoms with E-state index < -0.39 is 63.1 Å². The number of benzene rings is 2. The molecule has 2 aliphatic rings. The first-order valence-electron chi connectivity index (χ1n) is 24.3. The molecule has 0 spiro atoms. The summed E-state index contributed by atoms with van der Waals surface area (Å²) >= 11 is 0. The Kier molecular flexibility index (Phi) is 28.2. The normalized spacial score (nSPS) is 19.3. The molecule has 2 aliphatic heterocycles.